The van der Waals surface area contributed by atoms with Gasteiger partial charge in [0.05, 0.1) is 18.7 Å². The number of ether oxygens (including phenoxy) is 1. The Morgan fingerprint density at radius 3 is 3.00 bits per heavy atom. The van der Waals surface area contributed by atoms with Crippen molar-refractivity contribution in [2.24, 2.45) is 0 Å². The average molecular weight is 366 g/mol. The molecule has 0 aromatic carbocycles. The monoisotopic (exact) mass is 366 g/mol. The van der Waals surface area contributed by atoms with E-state index in [1.807, 2.05) is 36.7 Å². The van der Waals surface area contributed by atoms with Crippen molar-refractivity contribution in [1.29, 1.82) is 0 Å². The third-order valence-electron chi connectivity index (χ3n) is 4.18. The first-order chi connectivity index (χ1) is 12.8. The Morgan fingerprint density at radius 1 is 1.35 bits per heavy atom. The number of carbonyl (C=O) groups excluding carboxylic acids is 1. The van der Waals surface area contributed by atoms with Gasteiger partial charge in [0.1, 0.15) is 17.3 Å². The zero-order valence-electron chi connectivity index (χ0n) is 14.3. The van der Waals surface area contributed by atoms with Crippen LogP contribution in [0.4, 0.5) is 5.82 Å². The van der Waals surface area contributed by atoms with Crippen LogP contribution in [0.25, 0.3) is 21.3 Å². The topological polar surface area (TPSA) is 76.1 Å². The van der Waals surface area contributed by atoms with Crippen LogP contribution in [0.1, 0.15) is 16.9 Å². The lowest BCUT2D eigenvalue weighted by Crippen LogP contribution is -2.26. The molecule has 2 N–H and O–H groups in total. The number of nitrogens with one attached hydrogen (secondary N) is 2. The summed E-state index contributed by atoms with van der Waals surface area (Å²) < 4.78 is 5.42. The molecule has 132 valence electrons. The van der Waals surface area contributed by atoms with Crippen molar-refractivity contribution in [2.75, 3.05) is 25.5 Å². The Kier molecular flexibility index (Phi) is 4.53. The molecule has 1 amide bonds. The molecule has 0 spiro atoms. The number of rotatable bonds is 5. The highest BCUT2D eigenvalue weighted by Crippen LogP contribution is 2.32. The molecule has 26 heavy (non-hydrogen) atoms. The number of anilines is 1. The molecule has 1 aliphatic heterocycles. The van der Waals surface area contributed by atoms with Gasteiger partial charge in [-0.15, -0.1) is 11.3 Å². The second kappa shape index (κ2) is 7.13. The first kappa shape index (κ1) is 16.5. The molecule has 0 saturated carbocycles. The molecule has 6 nitrogen and oxygen atoms in total. The molecule has 3 aromatic rings. The van der Waals surface area contributed by atoms with Gasteiger partial charge < -0.3 is 15.4 Å². The van der Waals surface area contributed by atoms with E-state index in [-0.39, 0.29) is 5.91 Å². The molecule has 0 fully saturated rings. The van der Waals surface area contributed by atoms with E-state index in [9.17, 15) is 4.79 Å². The molecule has 0 aliphatic carbocycles. The predicted octanol–water partition coefficient (Wildman–Crippen LogP) is 3.43. The van der Waals surface area contributed by atoms with Crippen molar-refractivity contribution < 1.29 is 9.53 Å². The van der Waals surface area contributed by atoms with E-state index in [0.29, 0.717) is 18.8 Å². The zero-order chi connectivity index (χ0) is 17.9. The lowest BCUT2D eigenvalue weighted by atomic mass is 10.1. The van der Waals surface area contributed by atoms with Crippen molar-refractivity contribution in [3.05, 3.63) is 53.4 Å². The molecule has 0 radical (unpaired) electrons. The van der Waals surface area contributed by atoms with Crippen LogP contribution >= 0.6 is 11.3 Å². The van der Waals surface area contributed by atoms with Gasteiger partial charge in [0.15, 0.2) is 0 Å². The van der Waals surface area contributed by atoms with Gasteiger partial charge in [0.25, 0.3) is 5.91 Å². The van der Waals surface area contributed by atoms with Gasteiger partial charge in [-0.3, -0.25) is 4.79 Å². The van der Waals surface area contributed by atoms with Crippen molar-refractivity contribution in [2.45, 2.75) is 6.42 Å². The fourth-order valence-electron chi connectivity index (χ4n) is 2.90. The van der Waals surface area contributed by atoms with E-state index in [0.717, 1.165) is 39.3 Å². The number of hydrogen-bond acceptors (Lipinski definition) is 6. The molecule has 0 atom stereocenters. The standard InChI is InChI=1S/C19H18N4O2S/c1-20-18-13-6-7-15(19(24)22-10-12-4-2-8-25-12)23-17(13)14(11-21-18)16-5-3-9-26-16/h3-7,9,11H,2,8,10H2,1H3,(H,20,21)(H,22,24). The van der Waals surface area contributed by atoms with Crippen molar-refractivity contribution in [3.63, 3.8) is 0 Å². The van der Waals surface area contributed by atoms with Crippen LogP contribution in [0, 0.1) is 0 Å². The van der Waals surface area contributed by atoms with Gasteiger partial charge in [0.2, 0.25) is 0 Å². The largest absolute Gasteiger partial charge is 0.496 e. The maximum atomic E-state index is 12.5. The van der Waals surface area contributed by atoms with Gasteiger partial charge in [-0.2, -0.15) is 0 Å². The highest BCUT2D eigenvalue weighted by molar-refractivity contribution is 7.13. The lowest BCUT2D eigenvalue weighted by molar-refractivity contribution is 0.0944. The fraction of sp³-hybridized carbons (Fsp3) is 0.211. The third-order valence-corrected chi connectivity index (χ3v) is 5.09. The number of fused-ring (bicyclic) bond motifs is 1. The number of thiophene rings is 1. The number of nitrogens with zero attached hydrogens (tertiary/aromatic N) is 2. The molecule has 4 rings (SSSR count). The Bertz CT molecular complexity index is 983. The summed E-state index contributed by atoms with van der Waals surface area (Å²) in [7, 11) is 1.82. The summed E-state index contributed by atoms with van der Waals surface area (Å²) in [6.07, 6.45) is 4.68. The summed E-state index contributed by atoms with van der Waals surface area (Å²) in [6, 6.07) is 7.63. The van der Waals surface area contributed by atoms with Crippen LogP contribution in [0.2, 0.25) is 0 Å². The summed E-state index contributed by atoms with van der Waals surface area (Å²) >= 11 is 1.62. The van der Waals surface area contributed by atoms with Crippen molar-refractivity contribution in [3.8, 4) is 10.4 Å². The molecule has 7 heteroatoms. The van der Waals surface area contributed by atoms with E-state index in [2.05, 4.69) is 20.6 Å². The molecular formula is C19H18N4O2S. The molecule has 0 unspecified atom stereocenters. The lowest BCUT2D eigenvalue weighted by Gasteiger charge is -2.11. The summed E-state index contributed by atoms with van der Waals surface area (Å²) in [4.78, 5) is 22.7. The van der Waals surface area contributed by atoms with E-state index in [1.54, 1.807) is 23.6 Å². The van der Waals surface area contributed by atoms with Crippen LogP contribution in [-0.4, -0.2) is 36.1 Å². The maximum Gasteiger partial charge on any atom is 0.270 e. The second-order valence-electron chi connectivity index (χ2n) is 5.83. The molecule has 3 aromatic heterocycles. The SMILES string of the molecule is CNc1ncc(-c2cccs2)c2nc(C(=O)NCC3=CCCO3)ccc12. The van der Waals surface area contributed by atoms with Gasteiger partial charge in [-0.05, 0) is 29.7 Å². The normalized spacial score (nSPS) is 13.3. The predicted molar refractivity (Wildman–Crippen MR) is 103 cm³/mol. The van der Waals surface area contributed by atoms with E-state index in [1.165, 1.54) is 0 Å². The first-order valence-electron chi connectivity index (χ1n) is 8.37. The van der Waals surface area contributed by atoms with E-state index >= 15 is 0 Å². The number of hydrogen-bond donors (Lipinski definition) is 2. The third kappa shape index (κ3) is 3.13. The first-order valence-corrected chi connectivity index (χ1v) is 9.25. The highest BCUT2D eigenvalue weighted by atomic mass is 32.1. The van der Waals surface area contributed by atoms with Crippen LogP contribution < -0.4 is 10.6 Å². The van der Waals surface area contributed by atoms with Crippen LogP contribution in [-0.2, 0) is 4.74 Å². The molecule has 4 heterocycles. The number of pyridine rings is 2. The Labute approximate surface area is 154 Å². The van der Waals surface area contributed by atoms with Crippen LogP contribution in [0.3, 0.4) is 0 Å². The van der Waals surface area contributed by atoms with E-state index < -0.39 is 0 Å². The minimum absolute atomic E-state index is 0.219. The second-order valence-corrected chi connectivity index (χ2v) is 6.78. The van der Waals surface area contributed by atoms with Crippen molar-refractivity contribution >= 4 is 34.0 Å². The Hall–Kier alpha value is -2.93. The van der Waals surface area contributed by atoms with Crippen molar-refractivity contribution in [1.82, 2.24) is 15.3 Å². The summed E-state index contributed by atoms with van der Waals surface area (Å²) in [5, 5.41) is 8.85. The zero-order valence-corrected chi connectivity index (χ0v) is 15.1. The van der Waals surface area contributed by atoms with Crippen LogP contribution in [0.5, 0.6) is 0 Å². The van der Waals surface area contributed by atoms with Gasteiger partial charge in [-0.1, -0.05) is 6.07 Å². The van der Waals surface area contributed by atoms with Gasteiger partial charge in [-0.25, -0.2) is 9.97 Å². The minimum atomic E-state index is -0.219. The fourth-order valence-corrected chi connectivity index (χ4v) is 3.64. The van der Waals surface area contributed by atoms with Gasteiger partial charge in [0, 0.05) is 35.5 Å². The summed E-state index contributed by atoms with van der Waals surface area (Å²) in [5.41, 5.74) is 2.06. The smallest absolute Gasteiger partial charge is 0.270 e. The minimum Gasteiger partial charge on any atom is -0.496 e. The highest BCUT2D eigenvalue weighted by Gasteiger charge is 2.15. The molecular weight excluding hydrogens is 348 g/mol. The Balaban J connectivity index is 1.70. The molecule has 0 saturated heterocycles. The van der Waals surface area contributed by atoms with E-state index in [4.69, 9.17) is 4.74 Å². The summed E-state index contributed by atoms with van der Waals surface area (Å²) in [6.45, 7) is 1.07. The number of amides is 1. The number of aromatic nitrogens is 2. The number of carbonyl (C=O) groups is 1. The van der Waals surface area contributed by atoms with Crippen LogP contribution in [0.15, 0.2) is 47.7 Å². The molecule has 0 bridgehead atoms. The molecule has 1 aliphatic rings. The van der Waals surface area contributed by atoms with Gasteiger partial charge >= 0.3 is 0 Å². The quantitative estimate of drug-likeness (QED) is 0.723. The maximum absolute atomic E-state index is 12.5. The average Bonchev–Trinajstić information content (AvgIpc) is 3.38. The summed E-state index contributed by atoms with van der Waals surface area (Å²) in [5.74, 6) is 1.33. The Morgan fingerprint density at radius 2 is 2.27 bits per heavy atom.